The first-order chi connectivity index (χ1) is 10.7. The van der Waals surface area contributed by atoms with Gasteiger partial charge in [-0.2, -0.15) is 5.10 Å². The van der Waals surface area contributed by atoms with Crippen LogP contribution < -0.4 is 5.32 Å². The summed E-state index contributed by atoms with van der Waals surface area (Å²) < 4.78 is 24.7. The average Bonchev–Trinajstić information content (AvgIpc) is 2.72. The molecule has 0 bridgehead atoms. The van der Waals surface area contributed by atoms with Crippen molar-refractivity contribution in [3.05, 3.63) is 17.0 Å². The molecule has 2 rings (SSSR count). The number of carbonyl (C=O) groups is 1. The Hall–Kier alpha value is -1.41. The number of sulfone groups is 1. The van der Waals surface area contributed by atoms with E-state index in [1.165, 1.54) is 0 Å². The molecule has 0 radical (unpaired) electrons. The molecule has 1 aliphatic heterocycles. The van der Waals surface area contributed by atoms with E-state index in [1.807, 2.05) is 37.4 Å². The highest BCUT2D eigenvalue weighted by atomic mass is 32.2. The summed E-state index contributed by atoms with van der Waals surface area (Å²) in [6.45, 7) is 7.08. The molecule has 1 saturated heterocycles. The maximum absolute atomic E-state index is 12.3. The Morgan fingerprint density at radius 1 is 1.30 bits per heavy atom. The van der Waals surface area contributed by atoms with Crippen molar-refractivity contribution in [3.63, 3.8) is 0 Å². The smallest absolute Gasteiger partial charge is 0.234 e. The predicted molar refractivity (Wildman–Crippen MR) is 89.0 cm³/mol. The summed E-state index contributed by atoms with van der Waals surface area (Å²) in [5, 5.41) is 7.47. The summed E-state index contributed by atoms with van der Waals surface area (Å²) in [6, 6.07) is -0.0651. The molecular formula is C15H26N4O3S. The molecule has 1 amide bonds. The van der Waals surface area contributed by atoms with E-state index in [2.05, 4.69) is 10.4 Å². The van der Waals surface area contributed by atoms with Crippen molar-refractivity contribution in [1.82, 2.24) is 20.0 Å². The van der Waals surface area contributed by atoms with E-state index < -0.39 is 9.84 Å². The van der Waals surface area contributed by atoms with Crippen LogP contribution in [0.5, 0.6) is 0 Å². The molecule has 0 aliphatic carbocycles. The van der Waals surface area contributed by atoms with Crippen molar-refractivity contribution in [2.75, 3.05) is 31.1 Å². The molecule has 2 heterocycles. The molecular weight excluding hydrogens is 316 g/mol. The van der Waals surface area contributed by atoms with Gasteiger partial charge in [0.25, 0.3) is 0 Å². The van der Waals surface area contributed by atoms with Crippen molar-refractivity contribution < 1.29 is 13.2 Å². The number of nitrogens with zero attached hydrogens (tertiary/aromatic N) is 3. The lowest BCUT2D eigenvalue weighted by Gasteiger charge is -2.27. The van der Waals surface area contributed by atoms with E-state index in [-0.39, 0.29) is 30.0 Å². The van der Waals surface area contributed by atoms with Gasteiger partial charge in [-0.1, -0.05) is 6.92 Å². The van der Waals surface area contributed by atoms with Gasteiger partial charge in [0.05, 0.1) is 29.8 Å². The Morgan fingerprint density at radius 2 is 1.91 bits per heavy atom. The normalized spacial score (nSPS) is 19.5. The monoisotopic (exact) mass is 342 g/mol. The minimum Gasteiger partial charge on any atom is -0.348 e. The van der Waals surface area contributed by atoms with Gasteiger partial charge < -0.3 is 5.32 Å². The quantitative estimate of drug-likeness (QED) is 0.834. The second kappa shape index (κ2) is 7.00. The lowest BCUT2D eigenvalue weighted by Crippen LogP contribution is -2.46. The summed E-state index contributed by atoms with van der Waals surface area (Å²) in [7, 11) is -1.02. The molecule has 0 unspecified atom stereocenters. The van der Waals surface area contributed by atoms with Gasteiger partial charge in [0.1, 0.15) is 0 Å². The minimum atomic E-state index is -2.92. The van der Waals surface area contributed by atoms with Crippen LogP contribution in [0.4, 0.5) is 0 Å². The standard InChI is InChI=1S/C15H26N4O3S/c1-5-13(15-11(2)17-18(4)12(15)3)16-14(20)10-19-6-8-23(21,22)9-7-19/h13H,5-10H2,1-4H3,(H,16,20)/t13-/m1/s1. The van der Waals surface area contributed by atoms with Gasteiger partial charge in [-0.05, 0) is 20.3 Å². The molecule has 7 nitrogen and oxygen atoms in total. The molecule has 130 valence electrons. The van der Waals surface area contributed by atoms with Crippen LogP contribution in [0.25, 0.3) is 0 Å². The number of rotatable bonds is 5. The molecule has 1 aromatic heterocycles. The van der Waals surface area contributed by atoms with E-state index in [0.717, 1.165) is 23.4 Å². The third-order valence-electron chi connectivity index (χ3n) is 4.46. The minimum absolute atomic E-state index is 0.0651. The maximum Gasteiger partial charge on any atom is 0.234 e. The van der Waals surface area contributed by atoms with E-state index in [1.54, 1.807) is 0 Å². The van der Waals surface area contributed by atoms with Crippen LogP contribution >= 0.6 is 0 Å². The molecule has 1 aromatic rings. The summed E-state index contributed by atoms with van der Waals surface area (Å²) in [5.41, 5.74) is 3.06. The number of hydrogen-bond acceptors (Lipinski definition) is 5. The molecule has 0 aromatic carbocycles. The topological polar surface area (TPSA) is 84.3 Å². The number of aromatic nitrogens is 2. The highest BCUT2D eigenvalue weighted by Crippen LogP contribution is 2.23. The Labute approximate surface area is 138 Å². The van der Waals surface area contributed by atoms with Crippen LogP contribution in [0.2, 0.25) is 0 Å². The predicted octanol–water partition coefficient (Wildman–Crippen LogP) is 0.335. The highest BCUT2D eigenvalue weighted by Gasteiger charge is 2.25. The lowest BCUT2D eigenvalue weighted by molar-refractivity contribution is -0.123. The number of carbonyl (C=O) groups excluding carboxylic acids is 1. The summed E-state index contributed by atoms with van der Waals surface area (Å²) in [5.74, 6) is 0.204. The van der Waals surface area contributed by atoms with Gasteiger partial charge in [-0.25, -0.2) is 8.42 Å². The fourth-order valence-corrected chi connectivity index (χ4v) is 4.30. The second-order valence-corrected chi connectivity index (χ2v) is 8.47. The Kier molecular flexibility index (Phi) is 5.46. The molecule has 8 heteroatoms. The van der Waals surface area contributed by atoms with Crippen molar-refractivity contribution in [2.24, 2.45) is 7.05 Å². The van der Waals surface area contributed by atoms with Gasteiger partial charge >= 0.3 is 0 Å². The summed E-state index contributed by atoms with van der Waals surface area (Å²) in [6.07, 6.45) is 0.785. The molecule has 0 spiro atoms. The van der Waals surface area contributed by atoms with E-state index in [9.17, 15) is 13.2 Å². The first-order valence-corrected chi connectivity index (χ1v) is 9.78. The molecule has 1 atom stereocenters. The molecule has 1 aliphatic rings. The number of amides is 1. The zero-order valence-corrected chi connectivity index (χ0v) is 15.1. The van der Waals surface area contributed by atoms with Crippen molar-refractivity contribution in [1.29, 1.82) is 0 Å². The van der Waals surface area contributed by atoms with E-state index >= 15 is 0 Å². The van der Waals surface area contributed by atoms with Gasteiger partial charge in [-0.3, -0.25) is 14.4 Å². The second-order valence-electron chi connectivity index (χ2n) is 6.16. The average molecular weight is 342 g/mol. The van der Waals surface area contributed by atoms with Crippen LogP contribution in [-0.4, -0.2) is 60.1 Å². The number of nitrogens with one attached hydrogen (secondary N) is 1. The lowest BCUT2D eigenvalue weighted by atomic mass is 10.0. The first kappa shape index (κ1) is 17.9. The van der Waals surface area contributed by atoms with Crippen LogP contribution in [0.15, 0.2) is 0 Å². The van der Waals surface area contributed by atoms with Gasteiger partial charge in [-0.15, -0.1) is 0 Å². The number of aryl methyl sites for hydroxylation is 2. The van der Waals surface area contributed by atoms with E-state index in [4.69, 9.17) is 0 Å². The maximum atomic E-state index is 12.3. The molecule has 23 heavy (non-hydrogen) atoms. The third-order valence-corrected chi connectivity index (χ3v) is 6.07. The Bertz CT molecular complexity index is 667. The van der Waals surface area contributed by atoms with Gasteiger partial charge in [0.2, 0.25) is 5.91 Å². The van der Waals surface area contributed by atoms with Crippen LogP contribution in [-0.2, 0) is 21.7 Å². The zero-order valence-electron chi connectivity index (χ0n) is 14.3. The fraction of sp³-hybridized carbons (Fsp3) is 0.733. The largest absolute Gasteiger partial charge is 0.348 e. The molecule has 1 N–H and O–H groups in total. The van der Waals surface area contributed by atoms with Gasteiger partial charge in [0.15, 0.2) is 9.84 Å². The van der Waals surface area contributed by atoms with Crippen molar-refractivity contribution in [3.8, 4) is 0 Å². The van der Waals surface area contributed by atoms with Crippen LogP contribution in [0.3, 0.4) is 0 Å². The molecule has 1 fully saturated rings. The third kappa shape index (κ3) is 4.32. The Balaban J connectivity index is 1.98. The zero-order chi connectivity index (χ0) is 17.2. The van der Waals surface area contributed by atoms with Gasteiger partial charge in [0, 0.05) is 31.4 Å². The Morgan fingerprint density at radius 3 is 2.39 bits per heavy atom. The van der Waals surface area contributed by atoms with Crippen LogP contribution in [0, 0.1) is 13.8 Å². The fourth-order valence-electron chi connectivity index (χ4n) is 3.02. The van der Waals surface area contributed by atoms with Crippen LogP contribution in [0.1, 0.15) is 36.3 Å². The highest BCUT2D eigenvalue weighted by molar-refractivity contribution is 7.91. The molecule has 0 saturated carbocycles. The first-order valence-electron chi connectivity index (χ1n) is 7.95. The summed E-state index contributed by atoms with van der Waals surface area (Å²) >= 11 is 0. The van der Waals surface area contributed by atoms with E-state index in [0.29, 0.717) is 13.1 Å². The SMILES string of the molecule is CC[C@@H](NC(=O)CN1CCS(=O)(=O)CC1)c1c(C)nn(C)c1C. The summed E-state index contributed by atoms with van der Waals surface area (Å²) in [4.78, 5) is 14.2. The van der Waals surface area contributed by atoms with Crippen molar-refractivity contribution >= 4 is 15.7 Å². The number of hydrogen-bond donors (Lipinski definition) is 1. The van der Waals surface area contributed by atoms with Crippen molar-refractivity contribution in [2.45, 2.75) is 33.2 Å².